The number of nitrogens with zero attached hydrogens (tertiary/aromatic N) is 3. The summed E-state index contributed by atoms with van der Waals surface area (Å²) in [4.78, 5) is 21.9. The Morgan fingerprint density at radius 2 is 2.06 bits per heavy atom. The van der Waals surface area contributed by atoms with Gasteiger partial charge in [0.1, 0.15) is 0 Å². The zero-order valence-corrected chi connectivity index (χ0v) is 9.91. The van der Waals surface area contributed by atoms with E-state index in [4.69, 9.17) is 5.73 Å². The summed E-state index contributed by atoms with van der Waals surface area (Å²) in [5.41, 5.74) is 8.17. The highest BCUT2D eigenvalue weighted by molar-refractivity contribution is 5.80. The Hall–Kier alpha value is -2.17. The van der Waals surface area contributed by atoms with Crippen LogP contribution in [-0.4, -0.2) is 29.0 Å². The predicted octanol–water partition coefficient (Wildman–Crippen LogP) is 0.941. The van der Waals surface area contributed by atoms with Crippen LogP contribution in [-0.2, 0) is 4.79 Å². The number of aromatic nitrogens is 2. The van der Waals surface area contributed by atoms with Crippen molar-refractivity contribution in [3.63, 3.8) is 0 Å². The summed E-state index contributed by atoms with van der Waals surface area (Å²) < 4.78 is 0. The molecule has 2 heterocycles. The molecule has 1 fully saturated rings. The van der Waals surface area contributed by atoms with Gasteiger partial charge in [0.05, 0.1) is 17.0 Å². The average molecular weight is 242 g/mol. The van der Waals surface area contributed by atoms with Crippen LogP contribution in [0.2, 0.25) is 0 Å². The van der Waals surface area contributed by atoms with E-state index in [0.717, 1.165) is 29.7 Å². The lowest BCUT2D eigenvalue weighted by molar-refractivity contribution is -0.121. The third-order valence-corrected chi connectivity index (χ3v) is 3.41. The average Bonchev–Trinajstić information content (AvgIpc) is 2.88. The molecule has 92 valence electrons. The zero-order valence-electron chi connectivity index (χ0n) is 9.91. The van der Waals surface area contributed by atoms with Crippen LogP contribution in [0.4, 0.5) is 5.69 Å². The quantitative estimate of drug-likeness (QED) is 0.850. The van der Waals surface area contributed by atoms with Crippen LogP contribution < -0.4 is 10.6 Å². The molecule has 0 saturated carbocycles. The first-order valence-electron chi connectivity index (χ1n) is 5.99. The Labute approximate surface area is 105 Å². The number of nitrogens with two attached hydrogens (primary N) is 1. The largest absolute Gasteiger partial charge is 0.371 e. The third kappa shape index (κ3) is 1.88. The summed E-state index contributed by atoms with van der Waals surface area (Å²) in [6, 6.07) is 5.97. The van der Waals surface area contributed by atoms with Crippen molar-refractivity contribution in [2.75, 3.05) is 18.0 Å². The van der Waals surface area contributed by atoms with Crippen molar-refractivity contribution >= 4 is 22.6 Å². The molecule has 0 radical (unpaired) electrons. The molecule has 18 heavy (non-hydrogen) atoms. The SMILES string of the molecule is NC(=O)C1CCN(c2ccc3nccnc3c2)C1. The number of benzene rings is 1. The minimum absolute atomic E-state index is 0.0393. The van der Waals surface area contributed by atoms with Crippen LogP contribution in [0, 0.1) is 5.92 Å². The Bertz CT molecular complexity index is 598. The molecule has 1 aliphatic heterocycles. The lowest BCUT2D eigenvalue weighted by Gasteiger charge is -2.18. The van der Waals surface area contributed by atoms with Crippen molar-refractivity contribution < 1.29 is 4.79 Å². The number of amides is 1. The summed E-state index contributed by atoms with van der Waals surface area (Å²) in [5.74, 6) is -0.249. The topological polar surface area (TPSA) is 72.1 Å². The molecular weight excluding hydrogens is 228 g/mol. The molecule has 1 aromatic heterocycles. The summed E-state index contributed by atoms with van der Waals surface area (Å²) in [5, 5.41) is 0. The van der Waals surface area contributed by atoms with Crippen molar-refractivity contribution in [1.82, 2.24) is 9.97 Å². The number of carbonyl (C=O) groups is 1. The minimum atomic E-state index is -0.210. The monoisotopic (exact) mass is 242 g/mol. The van der Waals surface area contributed by atoms with E-state index in [1.807, 2.05) is 18.2 Å². The van der Waals surface area contributed by atoms with E-state index < -0.39 is 0 Å². The van der Waals surface area contributed by atoms with Crippen molar-refractivity contribution in [2.45, 2.75) is 6.42 Å². The molecule has 0 aliphatic carbocycles. The number of carbonyl (C=O) groups excluding carboxylic acids is 1. The second kappa shape index (κ2) is 4.25. The fourth-order valence-corrected chi connectivity index (χ4v) is 2.38. The molecule has 0 bridgehead atoms. The van der Waals surface area contributed by atoms with E-state index in [0.29, 0.717) is 6.54 Å². The molecule has 1 unspecified atom stereocenters. The molecule has 1 atom stereocenters. The van der Waals surface area contributed by atoms with E-state index in [-0.39, 0.29) is 11.8 Å². The van der Waals surface area contributed by atoms with E-state index in [1.54, 1.807) is 12.4 Å². The molecule has 2 N–H and O–H groups in total. The molecule has 5 heteroatoms. The molecule has 1 amide bonds. The second-order valence-electron chi connectivity index (χ2n) is 4.56. The van der Waals surface area contributed by atoms with Crippen LogP contribution in [0.25, 0.3) is 11.0 Å². The fraction of sp³-hybridized carbons (Fsp3) is 0.308. The van der Waals surface area contributed by atoms with Gasteiger partial charge in [0.25, 0.3) is 0 Å². The van der Waals surface area contributed by atoms with Gasteiger partial charge in [-0.15, -0.1) is 0 Å². The van der Waals surface area contributed by atoms with Crippen LogP contribution in [0.3, 0.4) is 0 Å². The van der Waals surface area contributed by atoms with Gasteiger partial charge < -0.3 is 10.6 Å². The van der Waals surface area contributed by atoms with E-state index in [1.165, 1.54) is 0 Å². The molecular formula is C13H14N4O. The van der Waals surface area contributed by atoms with Gasteiger partial charge in [0.2, 0.25) is 5.91 Å². The highest BCUT2D eigenvalue weighted by Gasteiger charge is 2.26. The summed E-state index contributed by atoms with van der Waals surface area (Å²) in [6.45, 7) is 1.56. The van der Waals surface area contributed by atoms with Gasteiger partial charge in [-0.05, 0) is 24.6 Å². The maximum Gasteiger partial charge on any atom is 0.222 e. The highest BCUT2D eigenvalue weighted by Crippen LogP contribution is 2.25. The van der Waals surface area contributed by atoms with Crippen LogP contribution in [0.5, 0.6) is 0 Å². The van der Waals surface area contributed by atoms with Crippen LogP contribution in [0.1, 0.15) is 6.42 Å². The Morgan fingerprint density at radius 3 is 2.78 bits per heavy atom. The molecule has 2 aromatic rings. The predicted molar refractivity (Wildman–Crippen MR) is 69.1 cm³/mol. The number of rotatable bonds is 2. The smallest absolute Gasteiger partial charge is 0.222 e. The van der Waals surface area contributed by atoms with Crippen molar-refractivity contribution in [3.05, 3.63) is 30.6 Å². The van der Waals surface area contributed by atoms with Gasteiger partial charge >= 0.3 is 0 Å². The van der Waals surface area contributed by atoms with Gasteiger partial charge in [-0.25, -0.2) is 0 Å². The molecule has 5 nitrogen and oxygen atoms in total. The molecule has 3 rings (SSSR count). The van der Waals surface area contributed by atoms with Crippen molar-refractivity contribution in [2.24, 2.45) is 11.7 Å². The summed E-state index contributed by atoms with van der Waals surface area (Å²) in [6.07, 6.45) is 4.19. The first-order chi connectivity index (χ1) is 8.74. The maximum absolute atomic E-state index is 11.2. The van der Waals surface area contributed by atoms with Crippen molar-refractivity contribution in [1.29, 1.82) is 0 Å². The lowest BCUT2D eigenvalue weighted by atomic mass is 10.1. The normalized spacial score (nSPS) is 19.3. The van der Waals surface area contributed by atoms with Gasteiger partial charge in [0.15, 0.2) is 0 Å². The van der Waals surface area contributed by atoms with E-state index >= 15 is 0 Å². The number of primary amides is 1. The summed E-state index contributed by atoms with van der Waals surface area (Å²) in [7, 11) is 0. The van der Waals surface area contributed by atoms with Crippen LogP contribution >= 0.6 is 0 Å². The van der Waals surface area contributed by atoms with Crippen molar-refractivity contribution in [3.8, 4) is 0 Å². The Balaban J connectivity index is 1.89. The highest BCUT2D eigenvalue weighted by atomic mass is 16.1. The standard InChI is InChI=1S/C13H14N4O/c14-13(18)9-3-6-17(8-9)10-1-2-11-12(7-10)16-5-4-15-11/h1-2,4-5,7,9H,3,6,8H2,(H2,14,18). The Kier molecular flexibility index (Phi) is 2.59. The maximum atomic E-state index is 11.2. The summed E-state index contributed by atoms with van der Waals surface area (Å²) >= 11 is 0. The van der Waals surface area contributed by atoms with Gasteiger partial charge in [-0.3, -0.25) is 14.8 Å². The third-order valence-electron chi connectivity index (χ3n) is 3.41. The number of hydrogen-bond acceptors (Lipinski definition) is 4. The van der Waals surface area contributed by atoms with Gasteiger partial charge in [0, 0.05) is 31.2 Å². The van der Waals surface area contributed by atoms with Gasteiger partial charge in [-0.2, -0.15) is 0 Å². The van der Waals surface area contributed by atoms with E-state index in [2.05, 4.69) is 14.9 Å². The lowest BCUT2D eigenvalue weighted by Crippen LogP contribution is -2.27. The molecule has 1 saturated heterocycles. The first-order valence-corrected chi connectivity index (χ1v) is 5.99. The number of hydrogen-bond donors (Lipinski definition) is 1. The minimum Gasteiger partial charge on any atom is -0.371 e. The number of fused-ring (bicyclic) bond motifs is 1. The first kappa shape index (κ1) is 11.0. The Morgan fingerprint density at radius 1 is 1.28 bits per heavy atom. The zero-order chi connectivity index (χ0) is 12.5. The molecule has 1 aromatic carbocycles. The fourth-order valence-electron chi connectivity index (χ4n) is 2.38. The molecule has 0 spiro atoms. The van der Waals surface area contributed by atoms with E-state index in [9.17, 15) is 4.79 Å². The van der Waals surface area contributed by atoms with Gasteiger partial charge in [-0.1, -0.05) is 0 Å². The number of anilines is 1. The van der Waals surface area contributed by atoms with Crippen LogP contribution in [0.15, 0.2) is 30.6 Å². The second-order valence-corrected chi connectivity index (χ2v) is 4.56. The molecule has 1 aliphatic rings.